The second kappa shape index (κ2) is 4.06. The topological polar surface area (TPSA) is 90.6 Å². The van der Waals surface area contributed by atoms with Crippen LogP contribution < -0.4 is 11.1 Å². The molecule has 82 valence electrons. The molecule has 5 heteroatoms. The molecule has 0 aromatic carbocycles. The summed E-state index contributed by atoms with van der Waals surface area (Å²) in [5.41, 5.74) is 8.26. The zero-order valence-corrected chi connectivity index (χ0v) is 8.91. The van der Waals surface area contributed by atoms with E-state index in [1.807, 2.05) is 6.07 Å². The Labute approximate surface area is 92.9 Å². The van der Waals surface area contributed by atoms with Gasteiger partial charge in [0, 0.05) is 24.3 Å². The highest BCUT2D eigenvalue weighted by Gasteiger charge is 2.06. The van der Waals surface area contributed by atoms with Crippen LogP contribution in [0.5, 0.6) is 0 Å². The molecule has 0 amide bonds. The lowest BCUT2D eigenvalue weighted by Crippen LogP contribution is -1.98. The van der Waals surface area contributed by atoms with E-state index in [4.69, 9.17) is 11.1 Å². The fourth-order valence-corrected chi connectivity index (χ4v) is 1.45. The van der Waals surface area contributed by atoms with E-state index >= 15 is 0 Å². The molecule has 2 aromatic rings. The SMILES string of the molecule is CN/C=C\C(=N)c1cc2c(N)ccnc2[nH]1. The van der Waals surface area contributed by atoms with Crippen LogP contribution >= 0.6 is 0 Å². The number of nitrogens with two attached hydrogens (primary N) is 1. The van der Waals surface area contributed by atoms with Crippen molar-refractivity contribution in [2.24, 2.45) is 0 Å². The summed E-state index contributed by atoms with van der Waals surface area (Å²) < 4.78 is 0. The zero-order valence-electron chi connectivity index (χ0n) is 8.91. The number of rotatable bonds is 3. The summed E-state index contributed by atoms with van der Waals surface area (Å²) in [5.74, 6) is 0. The number of pyridine rings is 1. The predicted octanol–water partition coefficient (Wildman–Crippen LogP) is 1.25. The number of hydrogen-bond donors (Lipinski definition) is 4. The van der Waals surface area contributed by atoms with Crippen LogP contribution in [0.25, 0.3) is 11.0 Å². The van der Waals surface area contributed by atoms with Gasteiger partial charge in [0.15, 0.2) is 0 Å². The van der Waals surface area contributed by atoms with Crippen LogP contribution in [0.4, 0.5) is 5.69 Å². The fourth-order valence-electron chi connectivity index (χ4n) is 1.45. The molecule has 0 saturated carbocycles. The van der Waals surface area contributed by atoms with Crippen LogP contribution in [-0.4, -0.2) is 22.7 Å². The first kappa shape index (κ1) is 10.2. The zero-order chi connectivity index (χ0) is 11.5. The molecule has 0 radical (unpaired) electrons. The Kier molecular flexibility index (Phi) is 2.59. The minimum Gasteiger partial charge on any atom is -0.398 e. The lowest BCUT2D eigenvalue weighted by molar-refractivity contribution is 1.10. The van der Waals surface area contributed by atoms with Crippen molar-refractivity contribution in [1.82, 2.24) is 15.3 Å². The van der Waals surface area contributed by atoms with Gasteiger partial charge in [0.2, 0.25) is 0 Å². The van der Waals surface area contributed by atoms with Gasteiger partial charge in [-0.3, -0.25) is 5.41 Å². The van der Waals surface area contributed by atoms with Gasteiger partial charge < -0.3 is 16.0 Å². The van der Waals surface area contributed by atoms with Crippen molar-refractivity contribution >= 4 is 22.4 Å². The van der Waals surface area contributed by atoms with Gasteiger partial charge in [-0.15, -0.1) is 0 Å². The Balaban J connectivity index is 2.44. The second-order valence-electron chi connectivity index (χ2n) is 3.38. The van der Waals surface area contributed by atoms with Crippen LogP contribution in [0.1, 0.15) is 5.69 Å². The Hall–Kier alpha value is -2.30. The first-order chi connectivity index (χ1) is 7.72. The quantitative estimate of drug-likeness (QED) is 0.581. The molecule has 2 rings (SSSR count). The van der Waals surface area contributed by atoms with Gasteiger partial charge in [-0.1, -0.05) is 0 Å². The van der Waals surface area contributed by atoms with E-state index in [9.17, 15) is 0 Å². The van der Waals surface area contributed by atoms with Crippen LogP contribution in [0.2, 0.25) is 0 Å². The number of nitrogens with one attached hydrogen (secondary N) is 3. The number of aromatic nitrogens is 2. The van der Waals surface area contributed by atoms with Gasteiger partial charge in [-0.05, 0) is 24.4 Å². The van der Waals surface area contributed by atoms with Gasteiger partial charge in [-0.2, -0.15) is 0 Å². The van der Waals surface area contributed by atoms with E-state index in [-0.39, 0.29) is 0 Å². The monoisotopic (exact) mass is 215 g/mol. The van der Waals surface area contributed by atoms with E-state index in [0.717, 1.165) is 5.39 Å². The molecule has 0 atom stereocenters. The third-order valence-corrected chi connectivity index (χ3v) is 2.27. The molecule has 0 fully saturated rings. The Morgan fingerprint density at radius 1 is 1.62 bits per heavy atom. The first-order valence-corrected chi connectivity index (χ1v) is 4.88. The average Bonchev–Trinajstić information content (AvgIpc) is 2.71. The summed E-state index contributed by atoms with van der Waals surface area (Å²) in [4.78, 5) is 7.20. The van der Waals surface area contributed by atoms with Gasteiger partial charge in [0.25, 0.3) is 0 Å². The maximum Gasteiger partial charge on any atom is 0.139 e. The van der Waals surface area contributed by atoms with Crippen molar-refractivity contribution in [3.8, 4) is 0 Å². The summed E-state index contributed by atoms with van der Waals surface area (Å²) in [7, 11) is 1.79. The van der Waals surface area contributed by atoms with Crippen LogP contribution in [0.3, 0.4) is 0 Å². The highest BCUT2D eigenvalue weighted by atomic mass is 14.9. The normalized spacial score (nSPS) is 11.1. The van der Waals surface area contributed by atoms with E-state index in [1.165, 1.54) is 0 Å². The standard InChI is InChI=1S/C11H13N5/c1-14-4-2-9(13)10-6-7-8(12)3-5-15-11(7)16-10/h2-6,13-14H,1H3,(H3,12,15,16)/b4-2-,13-9?. The molecule has 0 aliphatic heterocycles. The second-order valence-corrected chi connectivity index (χ2v) is 3.38. The summed E-state index contributed by atoms with van der Waals surface area (Å²) in [6.07, 6.45) is 5.01. The molecule has 0 unspecified atom stereocenters. The van der Waals surface area contributed by atoms with Crippen molar-refractivity contribution in [2.75, 3.05) is 12.8 Å². The molecule has 0 bridgehead atoms. The largest absolute Gasteiger partial charge is 0.398 e. The number of fused-ring (bicyclic) bond motifs is 1. The molecular formula is C11H13N5. The summed E-state index contributed by atoms with van der Waals surface area (Å²) in [6, 6.07) is 3.58. The lowest BCUT2D eigenvalue weighted by atomic mass is 10.2. The third kappa shape index (κ3) is 1.75. The van der Waals surface area contributed by atoms with Gasteiger partial charge in [0.05, 0.1) is 11.4 Å². The number of anilines is 1. The summed E-state index contributed by atoms with van der Waals surface area (Å²) in [5, 5.41) is 11.5. The highest BCUT2D eigenvalue weighted by molar-refractivity contribution is 6.08. The first-order valence-electron chi connectivity index (χ1n) is 4.88. The molecule has 5 N–H and O–H groups in total. The maximum atomic E-state index is 7.81. The molecule has 0 saturated heterocycles. The molecule has 2 heterocycles. The van der Waals surface area contributed by atoms with E-state index in [2.05, 4.69) is 15.3 Å². The van der Waals surface area contributed by atoms with Crippen molar-refractivity contribution in [2.45, 2.75) is 0 Å². The number of nitrogen functional groups attached to an aromatic ring is 1. The van der Waals surface area contributed by atoms with Crippen molar-refractivity contribution in [3.05, 3.63) is 36.3 Å². The predicted molar refractivity (Wildman–Crippen MR) is 65.5 cm³/mol. The van der Waals surface area contributed by atoms with E-state index in [1.54, 1.807) is 31.6 Å². The van der Waals surface area contributed by atoms with E-state index < -0.39 is 0 Å². The van der Waals surface area contributed by atoms with Gasteiger partial charge in [0.1, 0.15) is 5.65 Å². The third-order valence-electron chi connectivity index (χ3n) is 2.27. The molecule has 0 spiro atoms. The Morgan fingerprint density at radius 3 is 3.12 bits per heavy atom. The number of allylic oxidation sites excluding steroid dienone is 1. The number of hydrogen-bond acceptors (Lipinski definition) is 4. The smallest absolute Gasteiger partial charge is 0.139 e. The Morgan fingerprint density at radius 2 is 2.44 bits per heavy atom. The number of aromatic amines is 1. The Bertz CT molecular complexity index is 553. The molecule has 16 heavy (non-hydrogen) atoms. The van der Waals surface area contributed by atoms with Crippen molar-refractivity contribution in [1.29, 1.82) is 5.41 Å². The highest BCUT2D eigenvalue weighted by Crippen LogP contribution is 2.19. The molecule has 2 aromatic heterocycles. The fraction of sp³-hybridized carbons (Fsp3) is 0.0909. The minimum absolute atomic E-state index is 0.381. The summed E-state index contributed by atoms with van der Waals surface area (Å²) >= 11 is 0. The van der Waals surface area contributed by atoms with Crippen molar-refractivity contribution < 1.29 is 0 Å². The number of H-pyrrole nitrogens is 1. The molecule has 5 nitrogen and oxygen atoms in total. The van der Waals surface area contributed by atoms with Crippen LogP contribution in [0, 0.1) is 5.41 Å². The van der Waals surface area contributed by atoms with E-state index in [0.29, 0.717) is 22.7 Å². The van der Waals surface area contributed by atoms with Gasteiger partial charge in [-0.25, -0.2) is 4.98 Å². The number of nitrogens with zero attached hydrogens (tertiary/aromatic N) is 1. The minimum atomic E-state index is 0.381. The molecule has 0 aliphatic rings. The van der Waals surface area contributed by atoms with Crippen LogP contribution in [0.15, 0.2) is 30.6 Å². The van der Waals surface area contributed by atoms with Gasteiger partial charge >= 0.3 is 0 Å². The van der Waals surface area contributed by atoms with Crippen LogP contribution in [-0.2, 0) is 0 Å². The maximum absolute atomic E-state index is 7.81. The summed E-state index contributed by atoms with van der Waals surface area (Å²) in [6.45, 7) is 0. The lowest BCUT2D eigenvalue weighted by Gasteiger charge is -1.92. The molecule has 0 aliphatic carbocycles. The average molecular weight is 215 g/mol. The molecular weight excluding hydrogens is 202 g/mol. The van der Waals surface area contributed by atoms with Crippen molar-refractivity contribution in [3.63, 3.8) is 0 Å².